The van der Waals surface area contributed by atoms with Crippen molar-refractivity contribution in [3.05, 3.63) is 29.8 Å². The Bertz CT molecular complexity index is 700. The van der Waals surface area contributed by atoms with Crippen molar-refractivity contribution in [2.24, 2.45) is 11.8 Å². The number of nitriles is 1. The molecule has 0 radical (unpaired) electrons. The molecule has 2 N–H and O–H groups in total. The van der Waals surface area contributed by atoms with Gasteiger partial charge in [0.25, 0.3) is 0 Å². The molecule has 26 heavy (non-hydrogen) atoms. The Morgan fingerprint density at radius 2 is 1.96 bits per heavy atom. The first-order chi connectivity index (χ1) is 12.2. The van der Waals surface area contributed by atoms with E-state index in [0.29, 0.717) is 11.3 Å². The summed E-state index contributed by atoms with van der Waals surface area (Å²) < 4.78 is 44.0. The van der Waals surface area contributed by atoms with Crippen molar-refractivity contribution in [3.63, 3.8) is 0 Å². The van der Waals surface area contributed by atoms with Crippen LogP contribution in [-0.2, 0) is 4.79 Å². The molecule has 0 saturated carbocycles. The molecule has 0 aromatic heterocycles. The smallest absolute Gasteiger partial charge is 0.394 e. The number of benzene rings is 1. The van der Waals surface area contributed by atoms with Crippen molar-refractivity contribution in [1.82, 2.24) is 10.2 Å². The summed E-state index contributed by atoms with van der Waals surface area (Å²) in [5, 5.41) is 20.0. The van der Waals surface area contributed by atoms with E-state index in [9.17, 15) is 22.8 Å². The maximum Gasteiger partial charge on any atom is 0.394 e. The highest BCUT2D eigenvalue weighted by molar-refractivity contribution is 5.77. The average Bonchev–Trinajstić information content (AvgIpc) is 3.05. The van der Waals surface area contributed by atoms with E-state index >= 15 is 0 Å². The van der Waals surface area contributed by atoms with Crippen molar-refractivity contribution in [3.8, 4) is 11.8 Å². The summed E-state index contributed by atoms with van der Waals surface area (Å²) in [5.41, 5.74) is 0.465. The SMILES string of the molecule is N#Cc1ccc(OCCNC(=O)N2C[C@@H](C(F)(F)F)[C@H](C(=O)O)C2)cc1. The topological polar surface area (TPSA) is 103 Å². The van der Waals surface area contributed by atoms with Crippen molar-refractivity contribution >= 4 is 12.0 Å². The molecule has 0 spiro atoms. The van der Waals surface area contributed by atoms with Gasteiger partial charge in [0.15, 0.2) is 0 Å². The molecule has 0 unspecified atom stereocenters. The number of hydrogen-bond acceptors (Lipinski definition) is 4. The van der Waals surface area contributed by atoms with Crippen molar-refractivity contribution < 1.29 is 32.6 Å². The quantitative estimate of drug-likeness (QED) is 0.769. The number of nitrogens with one attached hydrogen (secondary N) is 1. The second-order valence-corrected chi connectivity index (χ2v) is 5.71. The summed E-state index contributed by atoms with van der Waals surface area (Å²) >= 11 is 0. The molecule has 1 aliphatic rings. The highest BCUT2D eigenvalue weighted by atomic mass is 19.4. The number of carboxylic acid groups (broad SMARTS) is 1. The van der Waals surface area contributed by atoms with Crippen LogP contribution in [0.4, 0.5) is 18.0 Å². The third kappa shape index (κ3) is 4.78. The standard InChI is InChI=1S/C16H16F3N3O4/c17-16(18,19)13-9-22(8-12(13)14(23)24)15(25)21-5-6-26-11-3-1-10(7-20)2-4-11/h1-4,12-13H,5-6,8-9H2,(H,21,25)(H,23,24)/t12-,13-/m1/s1. The molecule has 1 fully saturated rings. The van der Waals surface area contributed by atoms with Gasteiger partial charge in [-0.2, -0.15) is 18.4 Å². The number of nitrogens with zero attached hydrogens (tertiary/aromatic N) is 2. The number of alkyl halides is 3. The zero-order valence-corrected chi connectivity index (χ0v) is 13.5. The number of ether oxygens (including phenoxy) is 1. The van der Waals surface area contributed by atoms with E-state index in [1.807, 2.05) is 6.07 Å². The van der Waals surface area contributed by atoms with Gasteiger partial charge in [-0.05, 0) is 24.3 Å². The van der Waals surface area contributed by atoms with Crippen LogP contribution in [0.2, 0.25) is 0 Å². The molecule has 140 valence electrons. The predicted molar refractivity (Wildman–Crippen MR) is 82.3 cm³/mol. The monoisotopic (exact) mass is 371 g/mol. The zero-order chi connectivity index (χ0) is 19.3. The van der Waals surface area contributed by atoms with Gasteiger partial charge in [0.1, 0.15) is 12.4 Å². The summed E-state index contributed by atoms with van der Waals surface area (Å²) in [6.45, 7) is -1.09. The molecule has 10 heteroatoms. The highest BCUT2D eigenvalue weighted by Crippen LogP contribution is 2.37. The largest absolute Gasteiger partial charge is 0.492 e. The Balaban J connectivity index is 1.80. The molecule has 2 atom stereocenters. The summed E-state index contributed by atoms with van der Waals surface area (Å²) in [6.07, 6.45) is -4.68. The number of carboxylic acids is 1. The van der Waals surface area contributed by atoms with Gasteiger partial charge in [0.2, 0.25) is 0 Å². The average molecular weight is 371 g/mol. The molecule has 1 aliphatic heterocycles. The highest BCUT2D eigenvalue weighted by Gasteiger charge is 2.53. The number of urea groups is 1. The molecule has 0 aliphatic carbocycles. The molecule has 7 nitrogen and oxygen atoms in total. The van der Waals surface area contributed by atoms with E-state index in [-0.39, 0.29) is 13.2 Å². The maximum absolute atomic E-state index is 12.9. The fourth-order valence-corrected chi connectivity index (χ4v) is 2.62. The first-order valence-corrected chi connectivity index (χ1v) is 7.67. The number of carbonyl (C=O) groups is 2. The third-order valence-electron chi connectivity index (χ3n) is 3.98. The van der Waals surface area contributed by atoms with Gasteiger partial charge in [-0.15, -0.1) is 0 Å². The minimum atomic E-state index is -4.68. The summed E-state index contributed by atoms with van der Waals surface area (Å²) in [5.74, 6) is -4.86. The summed E-state index contributed by atoms with van der Waals surface area (Å²) in [7, 11) is 0. The number of rotatable bonds is 5. The molecule has 1 aromatic rings. The lowest BCUT2D eigenvalue weighted by Crippen LogP contribution is -2.41. The van der Waals surface area contributed by atoms with Crippen LogP contribution >= 0.6 is 0 Å². The van der Waals surface area contributed by atoms with Crippen LogP contribution < -0.4 is 10.1 Å². The lowest BCUT2D eigenvalue weighted by Gasteiger charge is -2.18. The summed E-state index contributed by atoms with van der Waals surface area (Å²) in [6, 6.07) is 7.45. The van der Waals surface area contributed by atoms with Gasteiger partial charge in [-0.3, -0.25) is 4.79 Å². The van der Waals surface area contributed by atoms with E-state index in [4.69, 9.17) is 15.1 Å². The first-order valence-electron chi connectivity index (χ1n) is 7.67. The lowest BCUT2D eigenvalue weighted by molar-refractivity contribution is -0.187. The Labute approximate surface area is 147 Å². The number of amides is 2. The van der Waals surface area contributed by atoms with E-state index in [0.717, 1.165) is 4.90 Å². The molecule has 0 bridgehead atoms. The van der Waals surface area contributed by atoms with Crippen molar-refractivity contribution in [1.29, 1.82) is 5.26 Å². The van der Waals surface area contributed by atoms with Crippen LogP contribution in [0, 0.1) is 23.2 Å². The van der Waals surface area contributed by atoms with Gasteiger partial charge >= 0.3 is 18.2 Å². The van der Waals surface area contributed by atoms with Crippen LogP contribution in [0.3, 0.4) is 0 Å². The minimum absolute atomic E-state index is 0.0315. The molecular weight excluding hydrogens is 355 g/mol. The number of hydrogen-bond donors (Lipinski definition) is 2. The fourth-order valence-electron chi connectivity index (χ4n) is 2.62. The lowest BCUT2D eigenvalue weighted by atomic mass is 9.96. The third-order valence-corrected chi connectivity index (χ3v) is 3.98. The van der Waals surface area contributed by atoms with Crippen LogP contribution in [0.5, 0.6) is 5.75 Å². The van der Waals surface area contributed by atoms with Gasteiger partial charge in [-0.25, -0.2) is 4.79 Å². The van der Waals surface area contributed by atoms with Crippen molar-refractivity contribution in [2.75, 3.05) is 26.2 Å². The Morgan fingerprint density at radius 1 is 1.31 bits per heavy atom. The molecule has 2 rings (SSSR count). The number of aliphatic carboxylic acids is 1. The Hall–Kier alpha value is -2.96. The predicted octanol–water partition coefficient (Wildman–Crippen LogP) is 1.84. The van der Waals surface area contributed by atoms with E-state index in [1.165, 1.54) is 0 Å². The number of halogens is 3. The Morgan fingerprint density at radius 3 is 2.46 bits per heavy atom. The van der Waals surface area contributed by atoms with Gasteiger partial charge in [0, 0.05) is 13.1 Å². The van der Waals surface area contributed by atoms with Gasteiger partial charge in [-0.1, -0.05) is 0 Å². The molecular formula is C16H16F3N3O4. The van der Waals surface area contributed by atoms with Gasteiger partial charge in [0.05, 0.1) is 30.0 Å². The molecule has 1 aromatic carbocycles. The molecule has 2 amide bonds. The minimum Gasteiger partial charge on any atom is -0.492 e. The van der Waals surface area contributed by atoms with E-state index in [2.05, 4.69) is 5.32 Å². The Kier molecular flexibility index (Phi) is 5.92. The van der Waals surface area contributed by atoms with E-state index in [1.54, 1.807) is 24.3 Å². The fraction of sp³-hybridized carbons (Fsp3) is 0.438. The van der Waals surface area contributed by atoms with Crippen LogP contribution in [-0.4, -0.2) is 54.4 Å². The first kappa shape index (κ1) is 19.4. The van der Waals surface area contributed by atoms with Crippen LogP contribution in [0.15, 0.2) is 24.3 Å². The second-order valence-electron chi connectivity index (χ2n) is 5.71. The second kappa shape index (κ2) is 7.95. The summed E-state index contributed by atoms with van der Waals surface area (Å²) in [4.78, 5) is 23.8. The number of likely N-dealkylation sites (tertiary alicyclic amines) is 1. The van der Waals surface area contributed by atoms with Crippen molar-refractivity contribution in [2.45, 2.75) is 6.18 Å². The number of carbonyl (C=O) groups excluding carboxylic acids is 1. The van der Waals surface area contributed by atoms with Crippen LogP contribution in [0.25, 0.3) is 0 Å². The van der Waals surface area contributed by atoms with E-state index < -0.39 is 43.1 Å². The van der Waals surface area contributed by atoms with Gasteiger partial charge < -0.3 is 20.1 Å². The maximum atomic E-state index is 12.9. The normalized spacial score (nSPS) is 19.7. The molecule has 1 heterocycles. The van der Waals surface area contributed by atoms with Crippen LogP contribution in [0.1, 0.15) is 5.56 Å². The zero-order valence-electron chi connectivity index (χ0n) is 13.5. The molecule has 1 saturated heterocycles.